The second-order valence-electron chi connectivity index (χ2n) is 6.81. The van der Waals surface area contributed by atoms with Crippen molar-refractivity contribution in [1.29, 1.82) is 0 Å². The third-order valence-electron chi connectivity index (χ3n) is 4.95. The highest BCUT2D eigenvalue weighted by atomic mass is 35.5. The van der Waals surface area contributed by atoms with E-state index in [1.54, 1.807) is 6.20 Å². The van der Waals surface area contributed by atoms with E-state index in [0.29, 0.717) is 5.02 Å². The summed E-state index contributed by atoms with van der Waals surface area (Å²) in [5.74, 6) is 0. The number of para-hydroxylation sites is 1. The molecule has 0 saturated heterocycles. The maximum atomic E-state index is 6.08. The molecule has 5 rings (SSSR count). The Bertz CT molecular complexity index is 1310. The molecule has 3 aromatic heterocycles. The van der Waals surface area contributed by atoms with Crippen LogP contribution in [0.1, 0.15) is 0 Å². The van der Waals surface area contributed by atoms with Gasteiger partial charge in [0.15, 0.2) is 0 Å². The molecule has 0 amide bonds. The zero-order valence-corrected chi connectivity index (χ0v) is 16.3. The van der Waals surface area contributed by atoms with Gasteiger partial charge in [0.1, 0.15) is 0 Å². The lowest BCUT2D eigenvalue weighted by Crippen LogP contribution is -2.11. The van der Waals surface area contributed by atoms with Crippen molar-refractivity contribution in [2.75, 3.05) is 11.9 Å². The molecule has 0 fully saturated rings. The average Bonchev–Trinajstić information content (AvgIpc) is 3.22. The Morgan fingerprint density at radius 1 is 0.966 bits per heavy atom. The van der Waals surface area contributed by atoms with E-state index >= 15 is 0 Å². The van der Waals surface area contributed by atoms with Gasteiger partial charge in [0.2, 0.25) is 0 Å². The number of hydrogen-bond acceptors (Lipinski definition) is 4. The monoisotopic (exact) mass is 399 g/mol. The number of fused-ring (bicyclic) bond motifs is 2. The van der Waals surface area contributed by atoms with Crippen LogP contribution in [-0.2, 0) is 6.54 Å². The Balaban J connectivity index is 1.36. The summed E-state index contributed by atoms with van der Waals surface area (Å²) in [6.45, 7) is 1.51. The number of hydrogen-bond donors (Lipinski definition) is 1. The van der Waals surface area contributed by atoms with Crippen molar-refractivity contribution in [3.63, 3.8) is 0 Å². The van der Waals surface area contributed by atoms with Gasteiger partial charge in [-0.05, 0) is 36.4 Å². The molecule has 0 aliphatic rings. The van der Waals surface area contributed by atoms with Crippen LogP contribution in [0.2, 0.25) is 5.02 Å². The predicted molar refractivity (Wildman–Crippen MR) is 118 cm³/mol. The number of nitrogens with zero attached hydrogens (tertiary/aromatic N) is 4. The minimum Gasteiger partial charge on any atom is -0.383 e. The molecule has 0 unspecified atom stereocenters. The summed E-state index contributed by atoms with van der Waals surface area (Å²) in [5.41, 5.74) is 4.83. The molecule has 3 heterocycles. The Hall–Kier alpha value is -3.44. The van der Waals surface area contributed by atoms with Gasteiger partial charge in [0, 0.05) is 40.8 Å². The van der Waals surface area contributed by atoms with Crippen molar-refractivity contribution in [1.82, 2.24) is 19.5 Å². The van der Waals surface area contributed by atoms with E-state index in [9.17, 15) is 0 Å². The lowest BCUT2D eigenvalue weighted by molar-refractivity contribution is 0.732. The predicted octanol–water partition coefficient (Wildman–Crippen LogP) is 5.41. The zero-order valence-electron chi connectivity index (χ0n) is 15.6. The van der Waals surface area contributed by atoms with E-state index < -0.39 is 0 Å². The van der Waals surface area contributed by atoms with E-state index in [1.165, 1.54) is 0 Å². The van der Waals surface area contributed by atoms with E-state index in [1.807, 2.05) is 61.1 Å². The number of anilines is 1. The van der Waals surface area contributed by atoms with E-state index in [-0.39, 0.29) is 0 Å². The van der Waals surface area contributed by atoms with Crippen LogP contribution in [-0.4, -0.2) is 26.1 Å². The van der Waals surface area contributed by atoms with Crippen LogP contribution in [0.4, 0.5) is 5.69 Å². The second-order valence-corrected chi connectivity index (χ2v) is 7.24. The van der Waals surface area contributed by atoms with Crippen LogP contribution in [0.15, 0.2) is 79.4 Å². The molecule has 29 heavy (non-hydrogen) atoms. The van der Waals surface area contributed by atoms with Gasteiger partial charge < -0.3 is 9.88 Å². The minimum atomic E-state index is 0.688. The first-order chi connectivity index (χ1) is 14.3. The van der Waals surface area contributed by atoms with Crippen LogP contribution in [0.3, 0.4) is 0 Å². The highest BCUT2D eigenvalue weighted by Crippen LogP contribution is 2.25. The van der Waals surface area contributed by atoms with Gasteiger partial charge in [-0.25, -0.2) is 9.97 Å². The van der Waals surface area contributed by atoms with Crippen molar-refractivity contribution >= 4 is 39.1 Å². The first-order valence-corrected chi connectivity index (χ1v) is 9.80. The molecule has 1 N–H and O–H groups in total. The maximum Gasteiger partial charge on any atom is 0.0951 e. The first kappa shape index (κ1) is 17.6. The van der Waals surface area contributed by atoms with Crippen LogP contribution >= 0.6 is 11.6 Å². The molecule has 0 spiro atoms. The van der Waals surface area contributed by atoms with Crippen molar-refractivity contribution in [3.05, 3.63) is 84.4 Å². The number of halogens is 1. The molecule has 0 radical (unpaired) electrons. The Kier molecular flexibility index (Phi) is 4.58. The van der Waals surface area contributed by atoms with Crippen molar-refractivity contribution < 1.29 is 0 Å². The fraction of sp³-hybridized carbons (Fsp3) is 0.0870. The normalized spacial score (nSPS) is 11.2. The van der Waals surface area contributed by atoms with Crippen molar-refractivity contribution in [2.45, 2.75) is 6.54 Å². The van der Waals surface area contributed by atoms with E-state index in [2.05, 4.69) is 32.0 Å². The molecular formula is C23H18ClN5. The van der Waals surface area contributed by atoms with Gasteiger partial charge in [-0.3, -0.25) is 4.98 Å². The third kappa shape index (κ3) is 3.52. The number of nitrogens with one attached hydrogen (secondary N) is 1. The zero-order chi connectivity index (χ0) is 19.6. The summed E-state index contributed by atoms with van der Waals surface area (Å²) in [4.78, 5) is 13.5. The summed E-state index contributed by atoms with van der Waals surface area (Å²) >= 11 is 6.08. The maximum absolute atomic E-state index is 6.08. The number of pyridine rings is 2. The Morgan fingerprint density at radius 2 is 1.90 bits per heavy atom. The topological polar surface area (TPSA) is 55.6 Å². The lowest BCUT2D eigenvalue weighted by atomic mass is 10.2. The van der Waals surface area contributed by atoms with Gasteiger partial charge in [-0.1, -0.05) is 35.9 Å². The van der Waals surface area contributed by atoms with Gasteiger partial charge >= 0.3 is 0 Å². The fourth-order valence-electron chi connectivity index (χ4n) is 3.51. The molecule has 5 nitrogen and oxygen atoms in total. The molecule has 6 heteroatoms. The molecule has 0 atom stereocenters. The largest absolute Gasteiger partial charge is 0.383 e. The SMILES string of the molecule is Clc1ccc2c(NCCn3cncc3-c3ccc4ccccc4n3)ccnc2c1. The Morgan fingerprint density at radius 3 is 2.86 bits per heavy atom. The van der Waals surface area contributed by atoms with Gasteiger partial charge in [0.25, 0.3) is 0 Å². The number of benzene rings is 2. The number of rotatable bonds is 5. The second kappa shape index (κ2) is 7.53. The smallest absolute Gasteiger partial charge is 0.0951 e. The molecule has 5 aromatic rings. The van der Waals surface area contributed by atoms with E-state index in [4.69, 9.17) is 16.6 Å². The highest BCUT2D eigenvalue weighted by molar-refractivity contribution is 6.31. The summed E-state index contributed by atoms with van der Waals surface area (Å²) in [7, 11) is 0. The average molecular weight is 400 g/mol. The third-order valence-corrected chi connectivity index (χ3v) is 5.18. The molecule has 0 aliphatic carbocycles. The first-order valence-electron chi connectivity index (χ1n) is 9.42. The fourth-order valence-corrected chi connectivity index (χ4v) is 3.67. The van der Waals surface area contributed by atoms with Crippen molar-refractivity contribution in [2.24, 2.45) is 0 Å². The number of aromatic nitrogens is 4. The van der Waals surface area contributed by atoms with Crippen LogP contribution in [0.25, 0.3) is 33.2 Å². The Labute approximate surface area is 173 Å². The molecule has 0 saturated carbocycles. The lowest BCUT2D eigenvalue weighted by Gasteiger charge is -2.12. The molecule has 0 aliphatic heterocycles. The molecule has 142 valence electrons. The number of imidazole rings is 1. The van der Waals surface area contributed by atoms with Gasteiger partial charge in [-0.15, -0.1) is 0 Å². The standard InChI is InChI=1S/C23H18ClN5/c24-17-6-7-18-20(9-10-26-22(18)13-17)27-11-12-29-15-25-14-23(29)21-8-5-16-3-1-2-4-19(16)28-21/h1-10,13-15H,11-12H2,(H,26,27). The molecular weight excluding hydrogens is 382 g/mol. The van der Waals surface area contributed by atoms with E-state index in [0.717, 1.165) is 52.0 Å². The summed E-state index contributed by atoms with van der Waals surface area (Å²) < 4.78 is 2.12. The summed E-state index contributed by atoms with van der Waals surface area (Å²) in [6, 6.07) is 20.0. The quantitative estimate of drug-likeness (QED) is 0.429. The van der Waals surface area contributed by atoms with Crippen LogP contribution < -0.4 is 5.32 Å². The van der Waals surface area contributed by atoms with Gasteiger partial charge in [0.05, 0.1) is 34.9 Å². The summed E-state index contributed by atoms with van der Waals surface area (Å²) in [6.07, 6.45) is 5.50. The highest BCUT2D eigenvalue weighted by Gasteiger charge is 2.08. The van der Waals surface area contributed by atoms with Gasteiger partial charge in [-0.2, -0.15) is 0 Å². The molecule has 0 bridgehead atoms. The minimum absolute atomic E-state index is 0.688. The van der Waals surface area contributed by atoms with Crippen LogP contribution in [0.5, 0.6) is 0 Å². The molecule has 2 aromatic carbocycles. The summed E-state index contributed by atoms with van der Waals surface area (Å²) in [5, 5.41) is 6.38. The van der Waals surface area contributed by atoms with Crippen LogP contribution in [0, 0.1) is 0 Å². The van der Waals surface area contributed by atoms with Crippen molar-refractivity contribution in [3.8, 4) is 11.4 Å².